The normalized spacial score (nSPS) is 10.9. The van der Waals surface area contributed by atoms with Crippen LogP contribution in [0.2, 0.25) is 0 Å². The van der Waals surface area contributed by atoms with E-state index >= 15 is 0 Å². The van der Waals surface area contributed by atoms with Gasteiger partial charge in [-0.25, -0.2) is 13.8 Å². The van der Waals surface area contributed by atoms with Gasteiger partial charge in [0.2, 0.25) is 5.43 Å². The quantitative estimate of drug-likeness (QED) is 0.283. The van der Waals surface area contributed by atoms with Crippen LogP contribution in [0.15, 0.2) is 71.9 Å². The number of benzene rings is 2. The molecule has 0 aliphatic carbocycles. The summed E-state index contributed by atoms with van der Waals surface area (Å²) in [5, 5.41) is 2.54. The second-order valence-corrected chi connectivity index (χ2v) is 8.74. The Hall–Kier alpha value is -5.12. The number of rotatable bonds is 6. The number of halogens is 2. The summed E-state index contributed by atoms with van der Waals surface area (Å²) in [6.45, 7) is 3.37. The number of amides is 1. The highest BCUT2D eigenvalue weighted by Crippen LogP contribution is 2.31. The maximum atomic E-state index is 15.0. The molecule has 0 aliphatic heterocycles. The number of carbonyl (C=O) groups excluding carboxylic acids is 1. The number of carbonyl (C=O) groups is 1. The first kappa shape index (κ1) is 25.5. The molecule has 2 aromatic carbocycles. The van der Waals surface area contributed by atoms with Crippen molar-refractivity contribution >= 4 is 22.6 Å². The van der Waals surface area contributed by atoms with Crippen molar-refractivity contribution in [1.82, 2.24) is 15.0 Å². The van der Waals surface area contributed by atoms with E-state index in [0.29, 0.717) is 33.6 Å². The summed E-state index contributed by atoms with van der Waals surface area (Å²) in [5.74, 6) is -1.20. The van der Waals surface area contributed by atoms with Crippen LogP contribution in [0, 0.1) is 25.5 Å². The molecule has 0 saturated carbocycles. The summed E-state index contributed by atoms with van der Waals surface area (Å²) < 4.78 is 39.5. The Morgan fingerprint density at radius 2 is 1.82 bits per heavy atom. The smallest absolute Gasteiger partial charge is 0.261 e. The van der Waals surface area contributed by atoms with E-state index in [1.165, 1.54) is 56.0 Å². The monoisotopic (exact) mass is 528 g/mol. The molecule has 39 heavy (non-hydrogen) atoms. The molecule has 1 amide bonds. The lowest BCUT2D eigenvalue weighted by Crippen LogP contribution is -2.24. The van der Waals surface area contributed by atoms with Crippen LogP contribution in [-0.2, 0) is 0 Å². The molecule has 0 fully saturated rings. The van der Waals surface area contributed by atoms with Gasteiger partial charge < -0.3 is 19.8 Å². The van der Waals surface area contributed by atoms with Gasteiger partial charge in [0, 0.05) is 47.5 Å². The summed E-state index contributed by atoms with van der Waals surface area (Å²) in [6.07, 6.45) is 4.30. The number of aromatic nitrogens is 3. The third-order valence-corrected chi connectivity index (χ3v) is 6.14. The maximum Gasteiger partial charge on any atom is 0.261 e. The van der Waals surface area contributed by atoms with Gasteiger partial charge >= 0.3 is 0 Å². The number of H-pyrrole nitrogens is 1. The number of anilines is 1. The van der Waals surface area contributed by atoms with Gasteiger partial charge in [-0.2, -0.15) is 0 Å². The summed E-state index contributed by atoms with van der Waals surface area (Å²) in [5.41, 5.74) is 2.17. The third kappa shape index (κ3) is 5.04. The highest BCUT2D eigenvalue weighted by Gasteiger charge is 2.19. The van der Waals surface area contributed by atoms with E-state index in [9.17, 15) is 18.4 Å². The summed E-state index contributed by atoms with van der Waals surface area (Å²) >= 11 is 0. The molecule has 5 aromatic rings. The molecular weight excluding hydrogens is 506 g/mol. The molecule has 10 heteroatoms. The Bertz CT molecular complexity index is 1800. The molecule has 0 spiro atoms. The van der Waals surface area contributed by atoms with Gasteiger partial charge in [-0.05, 0) is 49.2 Å². The van der Waals surface area contributed by atoms with Gasteiger partial charge in [-0.15, -0.1) is 0 Å². The van der Waals surface area contributed by atoms with Crippen molar-refractivity contribution in [3.8, 4) is 28.4 Å². The van der Waals surface area contributed by atoms with E-state index < -0.39 is 23.0 Å². The van der Waals surface area contributed by atoms with Crippen molar-refractivity contribution in [2.45, 2.75) is 13.8 Å². The van der Waals surface area contributed by atoms with E-state index in [0.717, 1.165) is 6.07 Å². The Balaban J connectivity index is 1.40. The molecular formula is C29H22F2N4O4. The molecule has 3 aromatic heterocycles. The highest BCUT2D eigenvalue weighted by atomic mass is 19.1. The number of nitrogens with one attached hydrogen (secondary N) is 2. The molecule has 5 rings (SSSR count). The van der Waals surface area contributed by atoms with Crippen LogP contribution >= 0.6 is 0 Å². The molecule has 0 bridgehead atoms. The number of methoxy groups -OCH3 is 1. The number of aryl methyl sites for hydroxylation is 2. The van der Waals surface area contributed by atoms with Gasteiger partial charge in [-0.1, -0.05) is 6.07 Å². The van der Waals surface area contributed by atoms with Crippen molar-refractivity contribution < 1.29 is 23.0 Å². The number of hydrogen-bond acceptors (Lipinski definition) is 6. The molecule has 196 valence electrons. The van der Waals surface area contributed by atoms with E-state index in [4.69, 9.17) is 9.47 Å². The molecule has 0 radical (unpaired) electrons. The van der Waals surface area contributed by atoms with Gasteiger partial charge in [0.1, 0.15) is 22.6 Å². The average molecular weight is 529 g/mol. The predicted molar refractivity (Wildman–Crippen MR) is 142 cm³/mol. The fraction of sp³-hybridized carbons (Fsp3) is 0.103. The van der Waals surface area contributed by atoms with Crippen LogP contribution in [0.5, 0.6) is 17.2 Å². The van der Waals surface area contributed by atoms with Crippen molar-refractivity contribution in [1.29, 1.82) is 0 Å². The van der Waals surface area contributed by atoms with Crippen LogP contribution in [0.25, 0.3) is 22.2 Å². The minimum Gasteiger partial charge on any atom is -0.495 e. The second kappa shape index (κ2) is 10.3. The number of ether oxygens (including phenoxy) is 2. The SMILES string of the molecule is COc1cnc2c(Oc3ccc(NC(=O)c4c[nH]c(C)c(-c5ccc(F)cc5C)c4=O)cc3F)ccnc2c1. The number of aromatic amines is 1. The molecule has 0 atom stereocenters. The molecule has 3 heterocycles. The largest absolute Gasteiger partial charge is 0.495 e. The third-order valence-electron chi connectivity index (χ3n) is 6.14. The maximum absolute atomic E-state index is 15.0. The van der Waals surface area contributed by atoms with Gasteiger partial charge in [0.15, 0.2) is 17.3 Å². The van der Waals surface area contributed by atoms with E-state index in [-0.39, 0.29) is 28.3 Å². The fourth-order valence-electron chi connectivity index (χ4n) is 4.18. The molecule has 0 aliphatic rings. The zero-order valence-electron chi connectivity index (χ0n) is 21.1. The Morgan fingerprint density at radius 3 is 2.56 bits per heavy atom. The Morgan fingerprint density at radius 1 is 1.00 bits per heavy atom. The topological polar surface area (TPSA) is 106 Å². The first-order chi connectivity index (χ1) is 18.7. The first-order valence-corrected chi connectivity index (χ1v) is 11.8. The molecule has 0 saturated heterocycles. The van der Waals surface area contributed by atoms with Crippen LogP contribution in [0.4, 0.5) is 14.5 Å². The van der Waals surface area contributed by atoms with Crippen LogP contribution in [-0.4, -0.2) is 28.0 Å². The molecule has 8 nitrogen and oxygen atoms in total. The van der Waals surface area contributed by atoms with Crippen LogP contribution < -0.4 is 20.2 Å². The highest BCUT2D eigenvalue weighted by molar-refractivity contribution is 6.04. The lowest BCUT2D eigenvalue weighted by Gasteiger charge is -2.12. The molecule has 0 unspecified atom stereocenters. The van der Waals surface area contributed by atoms with Gasteiger partial charge in [0.05, 0.1) is 18.8 Å². The van der Waals surface area contributed by atoms with E-state index in [1.54, 1.807) is 26.0 Å². The number of pyridine rings is 3. The lowest BCUT2D eigenvalue weighted by atomic mass is 9.97. The molecule has 2 N–H and O–H groups in total. The summed E-state index contributed by atoms with van der Waals surface area (Å²) in [7, 11) is 1.51. The first-order valence-electron chi connectivity index (χ1n) is 11.8. The van der Waals surface area contributed by atoms with E-state index in [1.807, 2.05) is 0 Å². The number of hydrogen-bond donors (Lipinski definition) is 2. The summed E-state index contributed by atoms with van der Waals surface area (Å²) in [4.78, 5) is 37.7. The van der Waals surface area contributed by atoms with Crippen molar-refractivity contribution in [3.63, 3.8) is 0 Å². The van der Waals surface area contributed by atoms with E-state index in [2.05, 4.69) is 20.3 Å². The lowest BCUT2D eigenvalue weighted by molar-refractivity contribution is 0.102. The fourth-order valence-corrected chi connectivity index (χ4v) is 4.18. The Kier molecular flexibility index (Phi) is 6.76. The zero-order valence-corrected chi connectivity index (χ0v) is 21.1. The minimum absolute atomic E-state index is 0.0969. The van der Waals surface area contributed by atoms with Crippen molar-refractivity contribution in [2.75, 3.05) is 12.4 Å². The van der Waals surface area contributed by atoms with Crippen molar-refractivity contribution in [3.05, 3.63) is 106 Å². The minimum atomic E-state index is -0.744. The number of nitrogens with zero attached hydrogens (tertiary/aromatic N) is 2. The van der Waals surface area contributed by atoms with Gasteiger partial charge in [0.25, 0.3) is 5.91 Å². The predicted octanol–water partition coefficient (Wildman–Crippen LogP) is 5.93. The zero-order chi connectivity index (χ0) is 27.7. The van der Waals surface area contributed by atoms with Crippen molar-refractivity contribution in [2.24, 2.45) is 0 Å². The van der Waals surface area contributed by atoms with Crippen LogP contribution in [0.1, 0.15) is 21.6 Å². The second-order valence-electron chi connectivity index (χ2n) is 8.74. The summed E-state index contributed by atoms with van der Waals surface area (Å²) in [6, 6.07) is 11.2. The Labute approximate surface area is 221 Å². The van der Waals surface area contributed by atoms with Crippen LogP contribution in [0.3, 0.4) is 0 Å². The standard InChI is InChI=1S/C29H22F2N4O4/c1-15-10-17(30)4-6-20(15)26-16(2)33-14-21(28(26)36)29(37)35-18-5-7-24(22(31)11-18)39-25-8-9-32-23-12-19(38-3)13-34-27(23)25/h4-14H,1-3H3,(H,33,36)(H,35,37). The van der Waals surface area contributed by atoms with Gasteiger partial charge in [-0.3, -0.25) is 14.6 Å². The average Bonchev–Trinajstić information content (AvgIpc) is 2.91. The number of fused-ring (bicyclic) bond motifs is 1.